The Balaban J connectivity index is 1.80. The minimum Gasteiger partial charge on any atom is -0.508 e. The molecule has 0 fully saturated rings. The van der Waals surface area contributed by atoms with E-state index in [0.717, 1.165) is 11.1 Å². The van der Waals surface area contributed by atoms with Gasteiger partial charge in [0.15, 0.2) is 11.6 Å². The highest BCUT2D eigenvalue weighted by Crippen LogP contribution is 2.35. The molecule has 0 saturated heterocycles. The number of hydrogen-bond acceptors (Lipinski definition) is 4. The Morgan fingerprint density at radius 2 is 0.816 bits per heavy atom. The van der Waals surface area contributed by atoms with Gasteiger partial charge in [0.25, 0.3) is 0 Å². The highest BCUT2D eigenvalue weighted by molar-refractivity contribution is 6.17. The van der Waals surface area contributed by atoms with Gasteiger partial charge < -0.3 is 10.2 Å². The van der Waals surface area contributed by atoms with Crippen molar-refractivity contribution >= 4 is 11.6 Å². The maximum absolute atomic E-state index is 13.7. The lowest BCUT2D eigenvalue weighted by molar-refractivity contribution is 0.102. The van der Waals surface area contributed by atoms with Crippen molar-refractivity contribution in [3.05, 3.63) is 118 Å². The lowest BCUT2D eigenvalue weighted by Gasteiger charge is -2.19. The van der Waals surface area contributed by atoms with Crippen molar-refractivity contribution in [3.8, 4) is 22.6 Å². The van der Waals surface area contributed by atoms with Crippen LogP contribution in [0.25, 0.3) is 11.1 Å². The third kappa shape index (κ3) is 5.55. The maximum Gasteiger partial charge on any atom is 0.193 e. The normalized spacial score (nSPS) is 11.8. The molecule has 0 aliphatic heterocycles. The molecule has 0 unspecified atom stereocenters. The van der Waals surface area contributed by atoms with Crippen molar-refractivity contribution in [1.29, 1.82) is 0 Å². The molecule has 0 aliphatic rings. The van der Waals surface area contributed by atoms with Gasteiger partial charge in [-0.25, -0.2) is 0 Å². The molecule has 0 bridgehead atoms. The molecule has 0 amide bonds. The predicted octanol–water partition coefficient (Wildman–Crippen LogP) is 7.82. The van der Waals surface area contributed by atoms with Crippen LogP contribution >= 0.6 is 0 Å². The zero-order valence-electron chi connectivity index (χ0n) is 22.8. The summed E-state index contributed by atoms with van der Waals surface area (Å²) in [6.45, 7) is 12.6. The molecule has 0 spiro atoms. The SMILES string of the molecule is CC(C)(C)c1ccc(C(=O)c2cc(O)ccc2-c2ccc(O)cc2C(=O)c2ccc(C(C)(C)C)cc2)cc1. The molecule has 0 aromatic heterocycles. The summed E-state index contributed by atoms with van der Waals surface area (Å²) in [6, 6.07) is 24.0. The molecule has 0 aliphatic carbocycles. The molecule has 4 nitrogen and oxygen atoms in total. The van der Waals surface area contributed by atoms with Gasteiger partial charge in [0.1, 0.15) is 11.5 Å². The van der Waals surface area contributed by atoms with Gasteiger partial charge in [0.2, 0.25) is 0 Å². The first-order chi connectivity index (χ1) is 17.8. The average Bonchev–Trinajstić information content (AvgIpc) is 2.87. The first-order valence-electron chi connectivity index (χ1n) is 12.7. The van der Waals surface area contributed by atoms with Gasteiger partial charge in [-0.2, -0.15) is 0 Å². The van der Waals surface area contributed by atoms with Gasteiger partial charge in [0, 0.05) is 22.3 Å². The first kappa shape index (κ1) is 26.9. The molecule has 0 atom stereocenters. The smallest absolute Gasteiger partial charge is 0.193 e. The summed E-state index contributed by atoms with van der Waals surface area (Å²) >= 11 is 0. The average molecular weight is 507 g/mol. The maximum atomic E-state index is 13.7. The lowest BCUT2D eigenvalue weighted by Crippen LogP contribution is -2.12. The molecule has 0 radical (unpaired) electrons. The molecule has 4 aromatic carbocycles. The van der Waals surface area contributed by atoms with Gasteiger partial charge in [0.05, 0.1) is 0 Å². The Morgan fingerprint density at radius 1 is 0.500 bits per heavy atom. The molecule has 38 heavy (non-hydrogen) atoms. The Hall–Kier alpha value is -4.18. The summed E-state index contributed by atoms with van der Waals surface area (Å²) in [5, 5.41) is 20.5. The third-order valence-corrected chi connectivity index (χ3v) is 6.81. The van der Waals surface area contributed by atoms with E-state index >= 15 is 0 Å². The van der Waals surface area contributed by atoms with E-state index in [-0.39, 0.29) is 45.0 Å². The van der Waals surface area contributed by atoms with Crippen LogP contribution in [0.3, 0.4) is 0 Å². The first-order valence-corrected chi connectivity index (χ1v) is 12.7. The molecule has 2 N–H and O–H groups in total. The number of rotatable bonds is 5. The fraction of sp³-hybridized carbons (Fsp3) is 0.235. The second kappa shape index (κ2) is 9.94. The summed E-state index contributed by atoms with van der Waals surface area (Å²) in [6.07, 6.45) is 0. The van der Waals surface area contributed by atoms with Gasteiger partial charge in [-0.1, -0.05) is 90.1 Å². The van der Waals surface area contributed by atoms with E-state index in [4.69, 9.17) is 0 Å². The van der Waals surface area contributed by atoms with E-state index in [1.165, 1.54) is 24.3 Å². The molecule has 0 heterocycles. The van der Waals surface area contributed by atoms with Crippen LogP contribution in [-0.2, 0) is 10.8 Å². The number of phenolic OH excluding ortho intramolecular Hbond substituents is 2. The Morgan fingerprint density at radius 3 is 1.11 bits per heavy atom. The van der Waals surface area contributed by atoms with E-state index < -0.39 is 0 Å². The van der Waals surface area contributed by atoms with Crippen molar-refractivity contribution < 1.29 is 19.8 Å². The van der Waals surface area contributed by atoms with Crippen LogP contribution in [0.4, 0.5) is 0 Å². The van der Waals surface area contributed by atoms with Gasteiger partial charge >= 0.3 is 0 Å². The number of carbonyl (C=O) groups excluding carboxylic acids is 2. The summed E-state index contributed by atoms with van der Waals surface area (Å²) in [7, 11) is 0. The van der Waals surface area contributed by atoms with Gasteiger partial charge in [-0.3, -0.25) is 9.59 Å². The monoisotopic (exact) mass is 506 g/mol. The van der Waals surface area contributed by atoms with Crippen LogP contribution in [0.2, 0.25) is 0 Å². The quantitative estimate of drug-likeness (QED) is 0.271. The zero-order valence-corrected chi connectivity index (χ0v) is 22.8. The minimum absolute atomic E-state index is 0.0483. The minimum atomic E-state index is -0.266. The summed E-state index contributed by atoms with van der Waals surface area (Å²) < 4.78 is 0. The molecule has 194 valence electrons. The van der Waals surface area contributed by atoms with Crippen molar-refractivity contribution in [2.24, 2.45) is 0 Å². The molecular weight excluding hydrogens is 472 g/mol. The number of phenols is 2. The molecule has 4 aromatic rings. The highest BCUT2D eigenvalue weighted by atomic mass is 16.3. The number of ketones is 2. The van der Waals surface area contributed by atoms with Crippen LogP contribution in [-0.4, -0.2) is 21.8 Å². The van der Waals surface area contributed by atoms with Crippen molar-refractivity contribution in [3.63, 3.8) is 0 Å². The third-order valence-electron chi connectivity index (χ3n) is 6.81. The Kier molecular flexibility index (Phi) is 7.03. The fourth-order valence-electron chi connectivity index (χ4n) is 4.46. The molecule has 0 saturated carbocycles. The lowest BCUT2D eigenvalue weighted by atomic mass is 9.84. The highest BCUT2D eigenvalue weighted by Gasteiger charge is 2.23. The zero-order chi connectivity index (χ0) is 27.8. The molecule has 4 rings (SSSR count). The van der Waals surface area contributed by atoms with Crippen molar-refractivity contribution in [2.75, 3.05) is 0 Å². The summed E-state index contributed by atoms with van der Waals surface area (Å²) in [4.78, 5) is 27.3. The summed E-state index contributed by atoms with van der Waals surface area (Å²) in [5.41, 5.74) is 4.62. The van der Waals surface area contributed by atoms with Crippen molar-refractivity contribution in [2.45, 2.75) is 52.4 Å². The van der Waals surface area contributed by atoms with Gasteiger partial charge in [-0.05, 0) is 69.5 Å². The second-order valence-electron chi connectivity index (χ2n) is 11.8. The number of carbonyl (C=O) groups is 2. The van der Waals surface area contributed by atoms with Crippen LogP contribution < -0.4 is 0 Å². The number of benzene rings is 4. The predicted molar refractivity (Wildman–Crippen MR) is 152 cm³/mol. The Bertz CT molecular complexity index is 1380. The Labute approximate surface area is 224 Å². The van der Waals surface area contributed by atoms with Gasteiger partial charge in [-0.15, -0.1) is 0 Å². The van der Waals surface area contributed by atoms with E-state index in [0.29, 0.717) is 22.3 Å². The van der Waals surface area contributed by atoms with E-state index in [2.05, 4.69) is 41.5 Å². The number of hydrogen-bond donors (Lipinski definition) is 2. The van der Waals surface area contributed by atoms with E-state index in [9.17, 15) is 19.8 Å². The van der Waals surface area contributed by atoms with Crippen LogP contribution in [0.5, 0.6) is 11.5 Å². The number of aromatic hydroxyl groups is 2. The van der Waals surface area contributed by atoms with E-state index in [1.807, 2.05) is 24.3 Å². The molecule has 4 heteroatoms. The van der Waals surface area contributed by atoms with E-state index in [1.54, 1.807) is 36.4 Å². The largest absolute Gasteiger partial charge is 0.508 e. The standard InChI is InChI=1S/C34H34O4/c1-33(2,3)23-11-7-21(8-12-23)31(37)29-19-25(35)15-17-27(29)28-18-16-26(36)20-30(28)32(38)22-9-13-24(14-10-22)34(4,5)6/h7-20,35-36H,1-6H3. The fourth-order valence-corrected chi connectivity index (χ4v) is 4.46. The van der Waals surface area contributed by atoms with Crippen LogP contribution in [0.1, 0.15) is 84.5 Å². The second-order valence-corrected chi connectivity index (χ2v) is 11.8. The van der Waals surface area contributed by atoms with Crippen molar-refractivity contribution in [1.82, 2.24) is 0 Å². The van der Waals surface area contributed by atoms with Crippen LogP contribution in [0.15, 0.2) is 84.9 Å². The summed E-state index contributed by atoms with van der Waals surface area (Å²) in [5.74, 6) is -0.629. The topological polar surface area (TPSA) is 74.6 Å². The van der Waals surface area contributed by atoms with Crippen LogP contribution in [0, 0.1) is 0 Å². The molecular formula is C34H34O4.